The molecule has 2 nitrogen and oxygen atoms in total. The van der Waals surface area contributed by atoms with Crippen molar-refractivity contribution in [2.45, 2.75) is 51.6 Å². The fraction of sp³-hybridized carbons (Fsp3) is 0.647. The van der Waals surface area contributed by atoms with Gasteiger partial charge in [-0.05, 0) is 63.4 Å². The van der Waals surface area contributed by atoms with Crippen molar-refractivity contribution >= 4 is 0 Å². The van der Waals surface area contributed by atoms with Crippen molar-refractivity contribution in [2.24, 2.45) is 0 Å². The summed E-state index contributed by atoms with van der Waals surface area (Å²) in [6.45, 7) is 7.41. The Kier molecular flexibility index (Phi) is 6.12. The van der Waals surface area contributed by atoms with Crippen LogP contribution in [0.2, 0.25) is 0 Å². The van der Waals surface area contributed by atoms with Crippen LogP contribution in [0.25, 0.3) is 0 Å². The molecule has 1 fully saturated rings. The van der Waals surface area contributed by atoms with Crippen molar-refractivity contribution in [3.63, 3.8) is 0 Å². The Bertz CT molecular complexity index is 430. The van der Waals surface area contributed by atoms with Gasteiger partial charge >= 0.3 is 0 Å². The number of hydrogen-bond donors (Lipinski definition) is 1. The molecule has 0 bridgehead atoms. The molecular formula is C17H26F2N2. The molecule has 21 heavy (non-hydrogen) atoms. The van der Waals surface area contributed by atoms with Gasteiger partial charge in [-0.2, -0.15) is 0 Å². The summed E-state index contributed by atoms with van der Waals surface area (Å²) in [5.41, 5.74) is 0.743. The molecule has 0 amide bonds. The van der Waals surface area contributed by atoms with E-state index in [-0.39, 0.29) is 0 Å². The molecule has 1 aromatic rings. The largest absolute Gasteiger partial charge is 0.311 e. The quantitative estimate of drug-likeness (QED) is 0.916. The number of nitrogens with one attached hydrogen (secondary N) is 1. The molecule has 0 radical (unpaired) electrons. The summed E-state index contributed by atoms with van der Waals surface area (Å²) < 4.78 is 26.4. The third-order valence-corrected chi connectivity index (χ3v) is 4.32. The summed E-state index contributed by atoms with van der Waals surface area (Å²) in [6, 6.07) is 4.91. The third kappa shape index (κ3) is 5.36. The van der Waals surface area contributed by atoms with Crippen molar-refractivity contribution in [1.82, 2.24) is 10.2 Å². The van der Waals surface area contributed by atoms with Crippen molar-refractivity contribution in [2.75, 3.05) is 19.6 Å². The molecular weight excluding hydrogens is 270 g/mol. The normalized spacial score (nSPS) is 24.6. The predicted molar refractivity (Wildman–Crippen MR) is 82.4 cm³/mol. The Morgan fingerprint density at radius 3 is 2.48 bits per heavy atom. The minimum absolute atomic E-state index is 0.485. The van der Waals surface area contributed by atoms with E-state index < -0.39 is 11.6 Å². The maximum atomic E-state index is 13.2. The van der Waals surface area contributed by atoms with Gasteiger partial charge in [0.1, 0.15) is 11.6 Å². The first-order valence-corrected chi connectivity index (χ1v) is 8.00. The molecule has 1 aliphatic heterocycles. The lowest BCUT2D eigenvalue weighted by atomic mass is 10.0. The lowest BCUT2D eigenvalue weighted by Gasteiger charge is -2.32. The molecule has 0 spiro atoms. The minimum Gasteiger partial charge on any atom is -0.311 e. The zero-order chi connectivity index (χ0) is 15.2. The van der Waals surface area contributed by atoms with Gasteiger partial charge in [0.2, 0.25) is 0 Å². The van der Waals surface area contributed by atoms with Crippen molar-refractivity contribution in [3.05, 3.63) is 35.4 Å². The van der Waals surface area contributed by atoms with Gasteiger partial charge in [0.25, 0.3) is 0 Å². The second kappa shape index (κ2) is 7.85. The van der Waals surface area contributed by atoms with Gasteiger partial charge in [-0.3, -0.25) is 0 Å². The molecule has 2 rings (SSSR count). The van der Waals surface area contributed by atoms with E-state index in [4.69, 9.17) is 0 Å². The van der Waals surface area contributed by atoms with Crippen LogP contribution in [-0.2, 0) is 6.42 Å². The minimum atomic E-state index is -0.485. The number of halogens is 2. The number of nitrogens with zero attached hydrogens (tertiary/aromatic N) is 1. The first kappa shape index (κ1) is 16.4. The average Bonchev–Trinajstić information content (AvgIpc) is 2.41. The third-order valence-electron chi connectivity index (χ3n) is 4.32. The van der Waals surface area contributed by atoms with E-state index in [2.05, 4.69) is 24.1 Å². The van der Waals surface area contributed by atoms with Gasteiger partial charge in [0.15, 0.2) is 0 Å². The van der Waals surface area contributed by atoms with E-state index in [0.29, 0.717) is 18.5 Å². The fourth-order valence-electron chi connectivity index (χ4n) is 2.98. The van der Waals surface area contributed by atoms with E-state index >= 15 is 0 Å². The summed E-state index contributed by atoms with van der Waals surface area (Å²) in [5.74, 6) is -0.969. The van der Waals surface area contributed by atoms with E-state index in [1.807, 2.05) is 0 Å². The van der Waals surface area contributed by atoms with Gasteiger partial charge < -0.3 is 10.2 Å². The van der Waals surface area contributed by atoms with Crippen molar-refractivity contribution in [3.8, 4) is 0 Å². The molecule has 0 aliphatic carbocycles. The maximum absolute atomic E-state index is 13.2. The molecule has 0 aromatic heterocycles. The highest BCUT2D eigenvalue weighted by molar-refractivity contribution is 5.18. The van der Waals surface area contributed by atoms with Gasteiger partial charge in [-0.15, -0.1) is 0 Å². The van der Waals surface area contributed by atoms with Crippen LogP contribution >= 0.6 is 0 Å². The van der Waals surface area contributed by atoms with Crippen molar-refractivity contribution < 1.29 is 8.78 Å². The summed E-state index contributed by atoms with van der Waals surface area (Å²) >= 11 is 0. The smallest absolute Gasteiger partial charge is 0.126 e. The Morgan fingerprint density at radius 1 is 1.14 bits per heavy atom. The Labute approximate surface area is 126 Å². The average molecular weight is 296 g/mol. The molecule has 0 saturated carbocycles. The lowest BCUT2D eigenvalue weighted by molar-refractivity contribution is 0.214. The fourth-order valence-corrected chi connectivity index (χ4v) is 2.98. The monoisotopic (exact) mass is 296 g/mol. The number of benzene rings is 1. The highest BCUT2D eigenvalue weighted by atomic mass is 19.1. The van der Waals surface area contributed by atoms with Crippen LogP contribution in [0.15, 0.2) is 18.2 Å². The Morgan fingerprint density at radius 2 is 1.81 bits per heavy atom. The molecule has 1 saturated heterocycles. The molecule has 4 heteroatoms. The van der Waals surface area contributed by atoms with E-state index in [0.717, 1.165) is 50.5 Å². The highest BCUT2D eigenvalue weighted by Crippen LogP contribution is 2.12. The SMILES string of the molecule is CCC1CCN(CCc2cc(F)cc(F)c2)CCC(C)N1. The van der Waals surface area contributed by atoms with Crippen LogP contribution in [0.1, 0.15) is 38.7 Å². The lowest BCUT2D eigenvalue weighted by Crippen LogP contribution is -2.44. The van der Waals surface area contributed by atoms with Crippen LogP contribution in [0, 0.1) is 11.6 Å². The molecule has 118 valence electrons. The van der Waals surface area contributed by atoms with Crippen LogP contribution in [0.3, 0.4) is 0 Å². The molecule has 1 N–H and O–H groups in total. The van der Waals surface area contributed by atoms with E-state index in [1.165, 1.54) is 12.1 Å². The van der Waals surface area contributed by atoms with Gasteiger partial charge in [-0.25, -0.2) is 8.78 Å². The highest BCUT2D eigenvalue weighted by Gasteiger charge is 2.17. The second-order valence-electron chi connectivity index (χ2n) is 6.12. The molecule has 1 aromatic carbocycles. The first-order chi connectivity index (χ1) is 10.1. The Hall–Kier alpha value is -1.00. The zero-order valence-electron chi connectivity index (χ0n) is 13.0. The predicted octanol–water partition coefficient (Wildman–Crippen LogP) is 3.36. The first-order valence-electron chi connectivity index (χ1n) is 8.00. The topological polar surface area (TPSA) is 15.3 Å². The summed E-state index contributed by atoms with van der Waals surface area (Å²) in [6.07, 6.45) is 4.10. The standard InChI is InChI=1S/C17H26F2N2/c1-3-17-6-9-21(7-4-13(2)20-17)8-5-14-10-15(18)12-16(19)11-14/h10-13,17,20H,3-9H2,1-2H3. The molecule has 2 unspecified atom stereocenters. The molecule has 2 atom stereocenters. The molecule has 1 heterocycles. The van der Waals surface area contributed by atoms with Crippen LogP contribution in [0.5, 0.6) is 0 Å². The summed E-state index contributed by atoms with van der Waals surface area (Å²) in [5, 5.41) is 3.65. The maximum Gasteiger partial charge on any atom is 0.126 e. The number of hydrogen-bond acceptors (Lipinski definition) is 2. The molecule has 1 aliphatic rings. The zero-order valence-corrected chi connectivity index (χ0v) is 13.0. The van der Waals surface area contributed by atoms with Gasteiger partial charge in [0, 0.05) is 24.7 Å². The summed E-state index contributed by atoms with van der Waals surface area (Å²) in [4.78, 5) is 2.42. The number of rotatable bonds is 4. The van der Waals surface area contributed by atoms with Crippen molar-refractivity contribution in [1.29, 1.82) is 0 Å². The van der Waals surface area contributed by atoms with Crippen LogP contribution in [-0.4, -0.2) is 36.6 Å². The van der Waals surface area contributed by atoms with Gasteiger partial charge in [-0.1, -0.05) is 6.92 Å². The van der Waals surface area contributed by atoms with E-state index in [9.17, 15) is 8.78 Å². The van der Waals surface area contributed by atoms with Crippen LogP contribution in [0.4, 0.5) is 8.78 Å². The van der Waals surface area contributed by atoms with Gasteiger partial charge in [0.05, 0.1) is 0 Å². The van der Waals surface area contributed by atoms with Crippen LogP contribution < -0.4 is 5.32 Å². The second-order valence-corrected chi connectivity index (χ2v) is 6.12. The summed E-state index contributed by atoms with van der Waals surface area (Å²) in [7, 11) is 0. The Balaban J connectivity index is 1.89. The van der Waals surface area contributed by atoms with E-state index in [1.54, 1.807) is 0 Å².